The second-order valence-corrected chi connectivity index (χ2v) is 5.93. The van der Waals surface area contributed by atoms with Gasteiger partial charge >= 0.3 is 0 Å². The molecule has 0 amide bonds. The topological polar surface area (TPSA) is 12.0 Å². The summed E-state index contributed by atoms with van der Waals surface area (Å²) in [5.74, 6) is 0.791. The van der Waals surface area contributed by atoms with Crippen molar-refractivity contribution >= 4 is 0 Å². The Bertz CT molecular complexity index is 392. The minimum absolute atomic E-state index is 0.519. The van der Waals surface area contributed by atoms with E-state index in [1.807, 2.05) is 0 Å². The maximum atomic E-state index is 3.50. The summed E-state index contributed by atoms with van der Waals surface area (Å²) in [5, 5.41) is 3.50. The summed E-state index contributed by atoms with van der Waals surface area (Å²) in [6.45, 7) is 9.12. The summed E-state index contributed by atoms with van der Waals surface area (Å²) in [6, 6.07) is 7.33. The minimum Gasteiger partial charge on any atom is -0.313 e. The van der Waals surface area contributed by atoms with Crippen LogP contribution in [0.4, 0.5) is 0 Å². The van der Waals surface area contributed by atoms with Gasteiger partial charge < -0.3 is 5.32 Å². The molecule has 0 aromatic heterocycles. The predicted molar refractivity (Wildman–Crippen MR) is 69.6 cm³/mol. The molecule has 1 aromatic rings. The number of aryl methyl sites for hydroxylation is 2. The van der Waals surface area contributed by atoms with Gasteiger partial charge in [-0.05, 0) is 49.8 Å². The zero-order valence-corrected chi connectivity index (χ0v) is 11.1. The van der Waals surface area contributed by atoms with Crippen molar-refractivity contribution < 1.29 is 0 Å². The second-order valence-electron chi connectivity index (χ2n) is 5.93. The smallest absolute Gasteiger partial charge is 0.0354 e. The summed E-state index contributed by atoms with van der Waals surface area (Å²) in [5.41, 5.74) is 4.77. The number of hydrogen-bond acceptors (Lipinski definition) is 1. The van der Waals surface area contributed by atoms with Crippen LogP contribution in [0.1, 0.15) is 43.0 Å². The molecule has 1 saturated carbocycles. The Hall–Kier alpha value is -0.820. The Labute approximate surface area is 99.3 Å². The molecule has 2 unspecified atom stereocenters. The van der Waals surface area contributed by atoms with Crippen molar-refractivity contribution in [3.05, 3.63) is 34.9 Å². The fourth-order valence-electron chi connectivity index (χ4n) is 2.82. The molecule has 0 aliphatic heterocycles. The Balaban J connectivity index is 2.28. The molecule has 2 rings (SSSR count). The van der Waals surface area contributed by atoms with Crippen molar-refractivity contribution in [3.8, 4) is 0 Å². The van der Waals surface area contributed by atoms with E-state index in [-0.39, 0.29) is 0 Å². The fraction of sp³-hybridized carbons (Fsp3) is 0.600. The molecule has 1 aliphatic carbocycles. The Morgan fingerprint density at radius 3 is 2.38 bits per heavy atom. The van der Waals surface area contributed by atoms with Crippen LogP contribution in [0.5, 0.6) is 0 Å². The molecule has 1 fully saturated rings. The molecule has 0 heterocycles. The number of rotatable bonds is 3. The molecule has 1 heteroatoms. The number of hydrogen-bond donors (Lipinski definition) is 1. The standard InChI is InChI=1S/C15H23N/c1-10-6-7-12(11(2)8-10)14(16-5)13-9-15(13,3)4/h6-8,13-14,16H,9H2,1-5H3. The van der Waals surface area contributed by atoms with Gasteiger partial charge in [0.2, 0.25) is 0 Å². The Morgan fingerprint density at radius 1 is 1.31 bits per heavy atom. The quantitative estimate of drug-likeness (QED) is 0.815. The second kappa shape index (κ2) is 3.89. The van der Waals surface area contributed by atoms with Gasteiger partial charge in [-0.3, -0.25) is 0 Å². The van der Waals surface area contributed by atoms with E-state index < -0.39 is 0 Å². The molecule has 0 saturated heterocycles. The third-order valence-corrected chi connectivity index (χ3v) is 4.06. The zero-order chi connectivity index (χ0) is 11.9. The van der Waals surface area contributed by atoms with Crippen molar-refractivity contribution in [3.63, 3.8) is 0 Å². The van der Waals surface area contributed by atoms with Crippen LogP contribution in [0.3, 0.4) is 0 Å². The van der Waals surface area contributed by atoms with Crippen molar-refractivity contribution in [1.29, 1.82) is 0 Å². The van der Waals surface area contributed by atoms with Crippen LogP contribution in [0.2, 0.25) is 0 Å². The van der Waals surface area contributed by atoms with E-state index in [1.54, 1.807) is 0 Å². The lowest BCUT2D eigenvalue weighted by Crippen LogP contribution is -2.21. The molecule has 0 spiro atoms. The van der Waals surface area contributed by atoms with Crippen LogP contribution < -0.4 is 5.32 Å². The molecule has 0 radical (unpaired) electrons. The van der Waals surface area contributed by atoms with E-state index in [1.165, 1.54) is 23.1 Å². The van der Waals surface area contributed by atoms with E-state index in [2.05, 4.69) is 58.3 Å². The summed E-state index contributed by atoms with van der Waals surface area (Å²) in [4.78, 5) is 0. The first-order valence-corrected chi connectivity index (χ1v) is 6.20. The van der Waals surface area contributed by atoms with E-state index in [4.69, 9.17) is 0 Å². The molecular weight excluding hydrogens is 194 g/mol. The van der Waals surface area contributed by atoms with Crippen LogP contribution in [0.15, 0.2) is 18.2 Å². The number of nitrogens with one attached hydrogen (secondary N) is 1. The van der Waals surface area contributed by atoms with Crippen molar-refractivity contribution in [2.24, 2.45) is 11.3 Å². The third-order valence-electron chi connectivity index (χ3n) is 4.06. The molecule has 1 N–H and O–H groups in total. The van der Waals surface area contributed by atoms with Crippen molar-refractivity contribution in [2.75, 3.05) is 7.05 Å². The molecule has 88 valence electrons. The van der Waals surface area contributed by atoms with Gasteiger partial charge in [-0.25, -0.2) is 0 Å². The summed E-state index contributed by atoms with van der Waals surface area (Å²) >= 11 is 0. The van der Waals surface area contributed by atoms with Gasteiger partial charge in [0, 0.05) is 6.04 Å². The third kappa shape index (κ3) is 2.01. The highest BCUT2D eigenvalue weighted by atomic mass is 14.9. The first kappa shape index (κ1) is 11.7. The van der Waals surface area contributed by atoms with E-state index in [0.717, 1.165) is 5.92 Å². The lowest BCUT2D eigenvalue weighted by atomic mass is 9.93. The maximum absolute atomic E-state index is 3.50. The van der Waals surface area contributed by atoms with Gasteiger partial charge in [0.25, 0.3) is 0 Å². The largest absolute Gasteiger partial charge is 0.313 e. The molecule has 2 atom stereocenters. The molecule has 1 nitrogen and oxygen atoms in total. The molecule has 16 heavy (non-hydrogen) atoms. The van der Waals surface area contributed by atoms with E-state index in [0.29, 0.717) is 11.5 Å². The van der Waals surface area contributed by atoms with Gasteiger partial charge in [-0.1, -0.05) is 37.6 Å². The highest BCUT2D eigenvalue weighted by Gasteiger charge is 2.50. The summed E-state index contributed by atoms with van der Waals surface area (Å²) in [6.07, 6.45) is 1.34. The summed E-state index contributed by atoms with van der Waals surface area (Å²) < 4.78 is 0. The molecule has 1 aliphatic rings. The van der Waals surface area contributed by atoms with Gasteiger partial charge in [0.05, 0.1) is 0 Å². The highest BCUT2D eigenvalue weighted by molar-refractivity contribution is 5.34. The predicted octanol–water partition coefficient (Wildman–Crippen LogP) is 3.61. The summed E-state index contributed by atoms with van der Waals surface area (Å²) in [7, 11) is 2.08. The minimum atomic E-state index is 0.519. The maximum Gasteiger partial charge on any atom is 0.0354 e. The first-order chi connectivity index (χ1) is 7.45. The van der Waals surface area contributed by atoms with Crippen LogP contribution in [-0.2, 0) is 0 Å². The van der Waals surface area contributed by atoms with Gasteiger partial charge in [-0.15, -0.1) is 0 Å². The first-order valence-electron chi connectivity index (χ1n) is 6.20. The van der Waals surface area contributed by atoms with E-state index >= 15 is 0 Å². The normalized spacial score (nSPS) is 24.2. The van der Waals surface area contributed by atoms with Gasteiger partial charge in [0.15, 0.2) is 0 Å². The van der Waals surface area contributed by atoms with Crippen LogP contribution >= 0.6 is 0 Å². The fourth-order valence-corrected chi connectivity index (χ4v) is 2.82. The Morgan fingerprint density at radius 2 is 1.94 bits per heavy atom. The average Bonchev–Trinajstić information content (AvgIpc) is 2.80. The van der Waals surface area contributed by atoms with Crippen molar-refractivity contribution in [2.45, 2.75) is 40.2 Å². The molecule has 0 bridgehead atoms. The monoisotopic (exact) mass is 217 g/mol. The SMILES string of the molecule is CNC(c1ccc(C)cc1C)C1CC1(C)C. The van der Waals surface area contributed by atoms with Crippen LogP contribution in [0.25, 0.3) is 0 Å². The van der Waals surface area contributed by atoms with Crippen LogP contribution in [-0.4, -0.2) is 7.05 Å². The zero-order valence-electron chi connectivity index (χ0n) is 11.1. The van der Waals surface area contributed by atoms with Crippen LogP contribution in [0, 0.1) is 25.2 Å². The van der Waals surface area contributed by atoms with Gasteiger partial charge in [0.1, 0.15) is 0 Å². The Kier molecular flexibility index (Phi) is 2.83. The van der Waals surface area contributed by atoms with E-state index in [9.17, 15) is 0 Å². The molecular formula is C15H23N. The van der Waals surface area contributed by atoms with Crippen molar-refractivity contribution in [1.82, 2.24) is 5.32 Å². The molecule has 1 aromatic carbocycles. The lowest BCUT2D eigenvalue weighted by molar-refractivity contribution is 0.439. The average molecular weight is 217 g/mol. The number of benzene rings is 1. The highest BCUT2D eigenvalue weighted by Crippen LogP contribution is 2.57. The lowest BCUT2D eigenvalue weighted by Gasteiger charge is -2.21. The van der Waals surface area contributed by atoms with Gasteiger partial charge in [-0.2, -0.15) is 0 Å².